The summed E-state index contributed by atoms with van der Waals surface area (Å²) in [6.07, 6.45) is -1.80. The number of halogens is 3. The lowest BCUT2D eigenvalue weighted by Gasteiger charge is -2.33. The fourth-order valence-corrected chi connectivity index (χ4v) is 2.03. The number of hydrogen-bond acceptors (Lipinski definition) is 1. The van der Waals surface area contributed by atoms with E-state index < -0.39 is 12.1 Å². The van der Waals surface area contributed by atoms with E-state index in [2.05, 4.69) is 0 Å². The lowest BCUT2D eigenvalue weighted by atomic mass is 9.97. The molecule has 5 heteroatoms. The van der Waals surface area contributed by atoms with E-state index in [-0.39, 0.29) is 24.8 Å². The second kappa shape index (κ2) is 3.68. The van der Waals surface area contributed by atoms with Crippen molar-refractivity contribution < 1.29 is 18.0 Å². The first kappa shape index (κ1) is 10.8. The van der Waals surface area contributed by atoms with Gasteiger partial charge in [0, 0.05) is 19.0 Å². The highest BCUT2D eigenvalue weighted by Gasteiger charge is 2.44. The minimum Gasteiger partial charge on any atom is -0.342 e. The molecule has 1 atom stereocenters. The van der Waals surface area contributed by atoms with Crippen molar-refractivity contribution in [2.75, 3.05) is 13.1 Å². The Balaban J connectivity index is 1.94. The van der Waals surface area contributed by atoms with Crippen LogP contribution in [0.1, 0.15) is 25.7 Å². The molecule has 0 aromatic heterocycles. The molecule has 1 saturated heterocycles. The van der Waals surface area contributed by atoms with Crippen molar-refractivity contribution >= 4 is 5.91 Å². The smallest absolute Gasteiger partial charge is 0.342 e. The summed E-state index contributed by atoms with van der Waals surface area (Å²) in [6.45, 7) is 0.376. The molecule has 1 unspecified atom stereocenters. The number of hydrogen-bond donors (Lipinski definition) is 0. The van der Waals surface area contributed by atoms with E-state index in [1.165, 1.54) is 4.90 Å². The van der Waals surface area contributed by atoms with E-state index in [1.54, 1.807) is 0 Å². The maximum absolute atomic E-state index is 12.5. The normalized spacial score (nSPS) is 27.9. The van der Waals surface area contributed by atoms with E-state index >= 15 is 0 Å². The molecular weight excluding hydrogens is 207 g/mol. The molecule has 1 saturated carbocycles. The van der Waals surface area contributed by atoms with E-state index in [1.807, 2.05) is 0 Å². The number of rotatable bonds is 1. The summed E-state index contributed by atoms with van der Waals surface area (Å²) in [6, 6.07) is 0. The zero-order valence-electron chi connectivity index (χ0n) is 8.39. The topological polar surface area (TPSA) is 20.3 Å². The van der Waals surface area contributed by atoms with Crippen molar-refractivity contribution in [3.63, 3.8) is 0 Å². The van der Waals surface area contributed by atoms with Gasteiger partial charge in [-0.15, -0.1) is 0 Å². The molecule has 2 nitrogen and oxygen atoms in total. The molecule has 1 aliphatic heterocycles. The van der Waals surface area contributed by atoms with Crippen LogP contribution in [0.2, 0.25) is 0 Å². The molecule has 0 aromatic carbocycles. The maximum atomic E-state index is 12.5. The van der Waals surface area contributed by atoms with E-state index in [9.17, 15) is 18.0 Å². The molecule has 0 N–H and O–H groups in total. The van der Waals surface area contributed by atoms with Crippen molar-refractivity contribution in [3.05, 3.63) is 0 Å². The Morgan fingerprint density at radius 1 is 1.20 bits per heavy atom. The van der Waals surface area contributed by atoms with Crippen molar-refractivity contribution in [1.82, 2.24) is 4.90 Å². The van der Waals surface area contributed by atoms with Crippen LogP contribution in [0.3, 0.4) is 0 Å². The first-order valence-electron chi connectivity index (χ1n) is 5.34. The Morgan fingerprint density at radius 3 is 2.40 bits per heavy atom. The molecule has 0 bridgehead atoms. The van der Waals surface area contributed by atoms with Crippen LogP contribution in [-0.4, -0.2) is 30.1 Å². The number of piperidine rings is 1. The summed E-state index contributed by atoms with van der Waals surface area (Å²) < 4.78 is 37.4. The molecule has 0 aromatic rings. The van der Waals surface area contributed by atoms with Crippen molar-refractivity contribution in [3.8, 4) is 0 Å². The Hall–Kier alpha value is -0.740. The van der Waals surface area contributed by atoms with E-state index in [4.69, 9.17) is 0 Å². The van der Waals surface area contributed by atoms with Crippen LogP contribution in [0, 0.1) is 11.8 Å². The van der Waals surface area contributed by atoms with Gasteiger partial charge in [0.15, 0.2) is 0 Å². The summed E-state index contributed by atoms with van der Waals surface area (Å²) in [7, 11) is 0. The number of nitrogens with zero attached hydrogens (tertiary/aromatic N) is 1. The van der Waals surface area contributed by atoms with Crippen LogP contribution in [0.4, 0.5) is 13.2 Å². The summed E-state index contributed by atoms with van der Waals surface area (Å²) in [4.78, 5) is 13.0. The third-order valence-corrected chi connectivity index (χ3v) is 3.12. The van der Waals surface area contributed by atoms with Gasteiger partial charge in [-0.05, 0) is 25.7 Å². The summed E-state index contributed by atoms with van der Waals surface area (Å²) in [5.74, 6) is -1.35. The van der Waals surface area contributed by atoms with Gasteiger partial charge in [0.1, 0.15) is 0 Å². The monoisotopic (exact) mass is 221 g/mol. The fourth-order valence-electron chi connectivity index (χ4n) is 2.03. The predicted octanol–water partition coefficient (Wildman–Crippen LogP) is 2.20. The van der Waals surface area contributed by atoms with Gasteiger partial charge in [-0.3, -0.25) is 4.79 Å². The van der Waals surface area contributed by atoms with E-state index in [0.717, 1.165) is 12.8 Å². The minimum absolute atomic E-state index is 0.0250. The van der Waals surface area contributed by atoms with Gasteiger partial charge in [-0.25, -0.2) is 0 Å². The Morgan fingerprint density at radius 2 is 1.87 bits per heavy atom. The quantitative estimate of drug-likeness (QED) is 0.664. The van der Waals surface area contributed by atoms with E-state index in [0.29, 0.717) is 13.0 Å². The van der Waals surface area contributed by atoms with Crippen LogP contribution in [0.5, 0.6) is 0 Å². The molecule has 15 heavy (non-hydrogen) atoms. The maximum Gasteiger partial charge on any atom is 0.393 e. The van der Waals surface area contributed by atoms with Crippen LogP contribution in [-0.2, 0) is 4.79 Å². The molecule has 2 aliphatic rings. The average Bonchev–Trinajstić information content (AvgIpc) is 2.99. The molecule has 0 spiro atoms. The fraction of sp³-hybridized carbons (Fsp3) is 0.900. The zero-order chi connectivity index (χ0) is 11.1. The molecule has 2 fully saturated rings. The Labute approximate surface area is 86.4 Å². The molecular formula is C10H14F3NO. The highest BCUT2D eigenvalue weighted by Crippen LogP contribution is 2.36. The zero-order valence-corrected chi connectivity index (χ0v) is 8.39. The van der Waals surface area contributed by atoms with Gasteiger partial charge in [-0.1, -0.05) is 0 Å². The lowest BCUT2D eigenvalue weighted by Crippen LogP contribution is -2.45. The molecule has 1 heterocycles. The highest BCUT2D eigenvalue weighted by molar-refractivity contribution is 5.81. The first-order valence-corrected chi connectivity index (χ1v) is 5.34. The SMILES string of the molecule is O=C(C1CC1)N1CCCC(C(F)(F)F)C1. The number of amides is 1. The lowest BCUT2D eigenvalue weighted by molar-refractivity contribution is -0.188. The van der Waals surface area contributed by atoms with Crippen LogP contribution in [0.15, 0.2) is 0 Å². The molecule has 1 amide bonds. The van der Waals surface area contributed by atoms with Gasteiger partial charge in [-0.2, -0.15) is 13.2 Å². The molecule has 86 valence electrons. The standard InChI is InChI=1S/C10H14F3NO/c11-10(12,13)8-2-1-5-14(6-8)9(15)7-3-4-7/h7-8H,1-6H2. The van der Waals surface area contributed by atoms with Crippen molar-refractivity contribution in [1.29, 1.82) is 0 Å². The van der Waals surface area contributed by atoms with Crippen molar-refractivity contribution in [2.45, 2.75) is 31.9 Å². The van der Waals surface area contributed by atoms with Gasteiger partial charge in [0.25, 0.3) is 0 Å². The highest BCUT2D eigenvalue weighted by atomic mass is 19.4. The molecule has 2 rings (SSSR count). The Kier molecular flexibility index (Phi) is 2.64. The number of alkyl halides is 3. The van der Waals surface area contributed by atoms with Gasteiger partial charge in [0.2, 0.25) is 5.91 Å². The average molecular weight is 221 g/mol. The number of carbonyl (C=O) groups excluding carboxylic acids is 1. The predicted molar refractivity (Wildman–Crippen MR) is 48.1 cm³/mol. The first-order chi connectivity index (χ1) is 6.98. The minimum atomic E-state index is -4.15. The van der Waals surface area contributed by atoms with Gasteiger partial charge in [0.05, 0.1) is 5.92 Å². The van der Waals surface area contributed by atoms with Crippen molar-refractivity contribution in [2.24, 2.45) is 11.8 Å². The largest absolute Gasteiger partial charge is 0.393 e. The number of carbonyl (C=O) groups is 1. The second-order valence-electron chi connectivity index (χ2n) is 4.44. The van der Waals surface area contributed by atoms with Crippen LogP contribution >= 0.6 is 0 Å². The van der Waals surface area contributed by atoms with Gasteiger partial charge >= 0.3 is 6.18 Å². The second-order valence-corrected chi connectivity index (χ2v) is 4.44. The third-order valence-electron chi connectivity index (χ3n) is 3.12. The summed E-state index contributed by atoms with van der Waals surface area (Å²) in [5, 5.41) is 0. The van der Waals surface area contributed by atoms with Crippen LogP contribution < -0.4 is 0 Å². The van der Waals surface area contributed by atoms with Gasteiger partial charge < -0.3 is 4.90 Å². The Bertz CT molecular complexity index is 260. The summed E-state index contributed by atoms with van der Waals surface area (Å²) >= 11 is 0. The third kappa shape index (κ3) is 2.44. The molecule has 1 aliphatic carbocycles. The molecule has 0 radical (unpaired) electrons. The van der Waals surface area contributed by atoms with Crippen LogP contribution in [0.25, 0.3) is 0 Å². The number of likely N-dealkylation sites (tertiary alicyclic amines) is 1. The summed E-state index contributed by atoms with van der Waals surface area (Å²) in [5.41, 5.74) is 0.